The van der Waals surface area contributed by atoms with Crippen LogP contribution >= 0.6 is 0 Å². The van der Waals surface area contributed by atoms with Crippen LogP contribution in [0.1, 0.15) is 11.7 Å². The summed E-state index contributed by atoms with van der Waals surface area (Å²) in [6, 6.07) is 8.87. The molecule has 0 heterocycles. The van der Waals surface area contributed by atoms with E-state index in [0.29, 0.717) is 5.56 Å². The number of rotatable bonds is 6. The Morgan fingerprint density at radius 1 is 1.33 bits per heavy atom. The predicted molar refractivity (Wildman–Crippen MR) is 53.9 cm³/mol. The molecule has 0 saturated heterocycles. The number of hydrogen-bond acceptors (Lipinski definition) is 4. The maximum absolute atomic E-state index is 10.6. The molecule has 1 radical (unpaired) electrons. The fraction of sp³-hybridized carbons (Fsp3) is 0.364. The first kappa shape index (κ1) is 11.8. The van der Waals surface area contributed by atoms with Crippen molar-refractivity contribution in [3.63, 3.8) is 0 Å². The van der Waals surface area contributed by atoms with Gasteiger partial charge in [-0.1, -0.05) is 30.3 Å². The summed E-state index contributed by atoms with van der Waals surface area (Å²) in [7, 11) is 0. The molecule has 2 atom stereocenters. The van der Waals surface area contributed by atoms with Crippen LogP contribution in [0.15, 0.2) is 30.3 Å². The van der Waals surface area contributed by atoms with Gasteiger partial charge >= 0.3 is 0 Å². The van der Waals surface area contributed by atoms with Gasteiger partial charge in [-0.25, -0.2) is 0 Å². The second-order valence-corrected chi connectivity index (χ2v) is 3.08. The minimum absolute atomic E-state index is 0.0920. The Bertz CT molecular complexity index is 286. The molecule has 0 bridgehead atoms. The van der Waals surface area contributed by atoms with Crippen molar-refractivity contribution < 1.29 is 19.7 Å². The second-order valence-electron chi connectivity index (χ2n) is 3.08. The Hall–Kier alpha value is -1.23. The molecule has 1 aromatic rings. The second kappa shape index (κ2) is 6.29. The van der Waals surface area contributed by atoms with Gasteiger partial charge in [-0.2, -0.15) is 0 Å². The average molecular weight is 209 g/mol. The number of aliphatic hydroxyl groups excluding tert-OH is 2. The van der Waals surface area contributed by atoms with Gasteiger partial charge in [0.15, 0.2) is 0 Å². The van der Waals surface area contributed by atoms with Gasteiger partial charge in [-0.15, -0.1) is 0 Å². The van der Waals surface area contributed by atoms with Crippen molar-refractivity contribution in [3.8, 4) is 0 Å². The number of hydrogen-bond donors (Lipinski definition) is 2. The zero-order valence-electron chi connectivity index (χ0n) is 8.17. The highest BCUT2D eigenvalue weighted by Gasteiger charge is 2.13. The van der Waals surface area contributed by atoms with Gasteiger partial charge in [0.25, 0.3) is 0 Å². The topological polar surface area (TPSA) is 66.8 Å². The molecule has 4 nitrogen and oxygen atoms in total. The Labute approximate surface area is 88.1 Å². The summed E-state index contributed by atoms with van der Waals surface area (Å²) in [5.41, 5.74) is 0.678. The summed E-state index contributed by atoms with van der Waals surface area (Å²) in [5, 5.41) is 17.6. The maximum Gasteiger partial charge on any atom is 0.234 e. The zero-order chi connectivity index (χ0) is 11.1. The Morgan fingerprint density at radius 2 is 2.00 bits per heavy atom. The minimum Gasteiger partial charge on any atom is -0.394 e. The lowest BCUT2D eigenvalue weighted by Gasteiger charge is -2.13. The number of aliphatic hydroxyl groups is 2. The fourth-order valence-corrected chi connectivity index (χ4v) is 1.09. The lowest BCUT2D eigenvalue weighted by atomic mass is 10.1. The summed E-state index contributed by atoms with van der Waals surface area (Å²) >= 11 is 0. The molecule has 1 aromatic carbocycles. The molecule has 0 aliphatic rings. The van der Waals surface area contributed by atoms with Crippen molar-refractivity contribution in [1.82, 2.24) is 0 Å². The third-order valence-electron chi connectivity index (χ3n) is 1.88. The van der Waals surface area contributed by atoms with Crippen molar-refractivity contribution >= 4 is 6.29 Å². The van der Waals surface area contributed by atoms with Crippen molar-refractivity contribution in [3.05, 3.63) is 35.9 Å². The first-order valence-corrected chi connectivity index (χ1v) is 4.61. The molecule has 15 heavy (non-hydrogen) atoms. The van der Waals surface area contributed by atoms with Crippen molar-refractivity contribution in [2.75, 3.05) is 13.2 Å². The first-order valence-electron chi connectivity index (χ1n) is 4.61. The van der Waals surface area contributed by atoms with Crippen LogP contribution in [0, 0.1) is 0 Å². The SMILES string of the molecule is O=[C]C(OCC(O)CO)c1ccccc1. The fourth-order valence-electron chi connectivity index (χ4n) is 1.09. The molecule has 0 aromatic heterocycles. The zero-order valence-corrected chi connectivity index (χ0v) is 8.17. The predicted octanol–water partition coefficient (Wildman–Crippen LogP) is 0.207. The monoisotopic (exact) mass is 209 g/mol. The molecule has 0 spiro atoms. The molecule has 2 unspecified atom stereocenters. The molecule has 0 aliphatic heterocycles. The molecule has 0 fully saturated rings. The van der Waals surface area contributed by atoms with Crippen LogP contribution in [0.2, 0.25) is 0 Å². The quantitative estimate of drug-likeness (QED) is 0.702. The smallest absolute Gasteiger partial charge is 0.234 e. The summed E-state index contributed by atoms with van der Waals surface area (Å²) in [5.74, 6) is 0. The number of benzene rings is 1. The van der Waals surface area contributed by atoms with Gasteiger partial charge in [-0.05, 0) is 5.56 Å². The largest absolute Gasteiger partial charge is 0.394 e. The third-order valence-corrected chi connectivity index (χ3v) is 1.88. The van der Waals surface area contributed by atoms with Crippen LogP contribution in [0.5, 0.6) is 0 Å². The maximum atomic E-state index is 10.6. The molecule has 81 valence electrons. The van der Waals surface area contributed by atoms with E-state index in [1.165, 1.54) is 0 Å². The van der Waals surface area contributed by atoms with Crippen molar-refractivity contribution in [1.29, 1.82) is 0 Å². The molecule has 4 heteroatoms. The Balaban J connectivity index is 2.53. The molecular formula is C11H13O4. The highest BCUT2D eigenvalue weighted by atomic mass is 16.5. The molecule has 1 rings (SSSR count). The van der Waals surface area contributed by atoms with Crippen molar-refractivity contribution in [2.24, 2.45) is 0 Å². The standard InChI is InChI=1S/C11H13O4/c12-6-10(14)8-15-11(7-13)9-4-2-1-3-5-9/h1-5,10-12,14H,6,8H2. The Morgan fingerprint density at radius 3 is 2.53 bits per heavy atom. The molecular weight excluding hydrogens is 196 g/mol. The van der Waals surface area contributed by atoms with Crippen LogP contribution < -0.4 is 0 Å². The summed E-state index contributed by atoms with van der Waals surface area (Å²) in [6.07, 6.45) is -0.0478. The van der Waals surface area contributed by atoms with E-state index in [1.54, 1.807) is 30.6 Å². The van der Waals surface area contributed by atoms with Gasteiger partial charge in [0.05, 0.1) is 13.2 Å². The summed E-state index contributed by atoms with van der Waals surface area (Å²) in [4.78, 5) is 10.6. The van der Waals surface area contributed by atoms with Crippen LogP contribution in [0.4, 0.5) is 0 Å². The van der Waals surface area contributed by atoms with Gasteiger partial charge in [0.2, 0.25) is 6.29 Å². The third kappa shape index (κ3) is 3.79. The van der Waals surface area contributed by atoms with E-state index in [-0.39, 0.29) is 13.2 Å². The van der Waals surface area contributed by atoms with E-state index in [4.69, 9.17) is 14.9 Å². The van der Waals surface area contributed by atoms with Gasteiger partial charge in [0, 0.05) is 0 Å². The minimum atomic E-state index is -0.968. The summed E-state index contributed by atoms with van der Waals surface area (Å²) < 4.78 is 5.10. The van der Waals surface area contributed by atoms with E-state index in [2.05, 4.69) is 0 Å². The Kier molecular flexibility index (Phi) is 4.97. The van der Waals surface area contributed by atoms with Crippen LogP contribution in [-0.4, -0.2) is 35.8 Å². The van der Waals surface area contributed by atoms with E-state index in [9.17, 15) is 4.79 Å². The summed E-state index contributed by atoms with van der Waals surface area (Å²) in [6.45, 7) is -0.480. The molecule has 2 N–H and O–H groups in total. The normalized spacial score (nSPS) is 14.5. The van der Waals surface area contributed by atoms with E-state index >= 15 is 0 Å². The van der Waals surface area contributed by atoms with Gasteiger partial charge < -0.3 is 14.9 Å². The van der Waals surface area contributed by atoms with E-state index < -0.39 is 12.2 Å². The van der Waals surface area contributed by atoms with Crippen LogP contribution in [0.3, 0.4) is 0 Å². The number of carbonyl (C=O) groups excluding carboxylic acids is 1. The first-order chi connectivity index (χ1) is 7.27. The highest BCUT2D eigenvalue weighted by Crippen LogP contribution is 2.14. The van der Waals surface area contributed by atoms with Crippen LogP contribution in [0.25, 0.3) is 0 Å². The molecule has 0 amide bonds. The number of ether oxygens (including phenoxy) is 1. The van der Waals surface area contributed by atoms with Gasteiger partial charge in [0.1, 0.15) is 12.2 Å². The lowest BCUT2D eigenvalue weighted by Crippen LogP contribution is -2.21. The van der Waals surface area contributed by atoms with E-state index in [1.807, 2.05) is 6.07 Å². The van der Waals surface area contributed by atoms with Gasteiger partial charge in [-0.3, -0.25) is 4.79 Å². The van der Waals surface area contributed by atoms with Crippen LogP contribution in [-0.2, 0) is 9.53 Å². The lowest BCUT2D eigenvalue weighted by molar-refractivity contribution is -0.00947. The molecule has 0 saturated carbocycles. The van der Waals surface area contributed by atoms with Crippen molar-refractivity contribution in [2.45, 2.75) is 12.2 Å². The van der Waals surface area contributed by atoms with E-state index in [0.717, 1.165) is 0 Å². The molecule has 0 aliphatic carbocycles. The average Bonchev–Trinajstić information content (AvgIpc) is 2.31. The highest BCUT2D eigenvalue weighted by molar-refractivity contribution is 5.60.